The maximum Gasteiger partial charge on any atom is 0.415 e. The van der Waals surface area contributed by atoms with Crippen LogP contribution < -0.4 is 14.2 Å². The topological polar surface area (TPSA) is 104 Å². The number of carbonyl (C=O) groups is 2. The number of rotatable bonds is 16. The van der Waals surface area contributed by atoms with Gasteiger partial charge in [0.2, 0.25) is 0 Å². The van der Waals surface area contributed by atoms with E-state index >= 15 is 0 Å². The molecular formula is C30H33Cl2NO8. The minimum Gasteiger partial charge on any atom is -0.497 e. The third-order valence-corrected chi connectivity index (χ3v) is 6.27. The molecule has 3 aromatic rings. The second kappa shape index (κ2) is 16.7. The first-order valence-electron chi connectivity index (χ1n) is 13.0. The van der Waals surface area contributed by atoms with Crippen LogP contribution in [0.4, 0.5) is 4.79 Å². The van der Waals surface area contributed by atoms with Gasteiger partial charge in [0.05, 0.1) is 26.9 Å². The molecule has 41 heavy (non-hydrogen) atoms. The van der Waals surface area contributed by atoms with Crippen LogP contribution in [0.15, 0.2) is 66.7 Å². The molecule has 0 bridgehead atoms. The third-order valence-electron chi connectivity index (χ3n) is 5.84. The van der Waals surface area contributed by atoms with E-state index in [9.17, 15) is 14.7 Å². The van der Waals surface area contributed by atoms with Crippen molar-refractivity contribution >= 4 is 35.3 Å². The third kappa shape index (κ3) is 11.1. The Morgan fingerprint density at radius 3 is 2.07 bits per heavy atom. The smallest absolute Gasteiger partial charge is 0.415 e. The number of amides is 1. The highest BCUT2D eigenvalue weighted by atomic mass is 35.5. The van der Waals surface area contributed by atoms with Gasteiger partial charge in [0.15, 0.2) is 6.10 Å². The number of nitrogens with zero attached hydrogens (tertiary/aromatic N) is 1. The largest absolute Gasteiger partial charge is 0.497 e. The van der Waals surface area contributed by atoms with E-state index in [-0.39, 0.29) is 39.3 Å². The Labute approximate surface area is 249 Å². The molecule has 0 aromatic heterocycles. The Hall–Kier alpha value is -3.50. The van der Waals surface area contributed by atoms with Crippen molar-refractivity contribution in [3.8, 4) is 17.2 Å². The van der Waals surface area contributed by atoms with Crippen molar-refractivity contribution in [2.75, 3.05) is 40.0 Å². The molecule has 0 fully saturated rings. The quantitative estimate of drug-likeness (QED) is 0.194. The van der Waals surface area contributed by atoms with Crippen LogP contribution in [0.25, 0.3) is 0 Å². The molecule has 9 nitrogen and oxygen atoms in total. The van der Waals surface area contributed by atoms with Crippen LogP contribution in [0.5, 0.6) is 17.2 Å². The minimum atomic E-state index is -1.01. The fourth-order valence-electron chi connectivity index (χ4n) is 3.79. The Balaban J connectivity index is 1.56. The molecule has 220 valence electrons. The lowest BCUT2D eigenvalue weighted by atomic mass is 10.1. The predicted octanol–water partition coefficient (Wildman–Crippen LogP) is 6.13. The highest BCUT2D eigenvalue weighted by Gasteiger charge is 2.19. The number of halogens is 2. The van der Waals surface area contributed by atoms with Crippen molar-refractivity contribution < 1.29 is 38.4 Å². The SMILES string of the molecule is CCOC(Cc1ccc(OCCN(CCOCc2cc(Cl)cc(Cl)c2)C(=O)Oc2ccc(OC)cc2)cc1)C(=O)O. The van der Waals surface area contributed by atoms with E-state index < -0.39 is 18.2 Å². The van der Waals surface area contributed by atoms with Gasteiger partial charge >= 0.3 is 12.1 Å². The van der Waals surface area contributed by atoms with Gasteiger partial charge in [0.1, 0.15) is 23.9 Å². The van der Waals surface area contributed by atoms with Crippen molar-refractivity contribution in [3.05, 3.63) is 87.9 Å². The number of carbonyl (C=O) groups excluding carboxylic acids is 1. The van der Waals surface area contributed by atoms with Gasteiger partial charge in [-0.1, -0.05) is 35.3 Å². The zero-order valence-corrected chi connectivity index (χ0v) is 24.4. The molecule has 0 aliphatic rings. The number of benzene rings is 3. The first kappa shape index (κ1) is 32.0. The summed E-state index contributed by atoms with van der Waals surface area (Å²) in [7, 11) is 1.56. The zero-order valence-electron chi connectivity index (χ0n) is 22.9. The molecule has 1 amide bonds. The van der Waals surface area contributed by atoms with Crippen LogP contribution >= 0.6 is 23.2 Å². The maximum absolute atomic E-state index is 13.0. The number of hydrogen-bond acceptors (Lipinski definition) is 7. The highest BCUT2D eigenvalue weighted by molar-refractivity contribution is 6.34. The molecule has 0 aliphatic heterocycles. The molecule has 1 unspecified atom stereocenters. The van der Waals surface area contributed by atoms with Crippen molar-refractivity contribution in [3.63, 3.8) is 0 Å². The second-order valence-corrected chi connectivity index (χ2v) is 9.71. The number of hydrogen-bond donors (Lipinski definition) is 1. The van der Waals surface area contributed by atoms with Crippen LogP contribution in [0.1, 0.15) is 18.1 Å². The first-order valence-corrected chi connectivity index (χ1v) is 13.7. The lowest BCUT2D eigenvalue weighted by Gasteiger charge is -2.22. The number of carboxylic acid groups (broad SMARTS) is 1. The lowest BCUT2D eigenvalue weighted by molar-refractivity contribution is -0.149. The van der Waals surface area contributed by atoms with E-state index in [2.05, 4.69) is 0 Å². The highest BCUT2D eigenvalue weighted by Crippen LogP contribution is 2.20. The Morgan fingerprint density at radius 2 is 1.46 bits per heavy atom. The summed E-state index contributed by atoms with van der Waals surface area (Å²) in [6.45, 7) is 3.25. The summed E-state index contributed by atoms with van der Waals surface area (Å²) >= 11 is 12.1. The number of carboxylic acids is 1. The monoisotopic (exact) mass is 605 g/mol. The molecule has 0 radical (unpaired) electrons. The van der Waals surface area contributed by atoms with Gasteiger partial charge < -0.3 is 33.7 Å². The Morgan fingerprint density at radius 1 is 0.854 bits per heavy atom. The fraction of sp³-hybridized carbons (Fsp3) is 0.333. The molecule has 0 saturated carbocycles. The van der Waals surface area contributed by atoms with Gasteiger partial charge in [-0.25, -0.2) is 9.59 Å². The summed E-state index contributed by atoms with van der Waals surface area (Å²) < 4.78 is 27.6. The van der Waals surface area contributed by atoms with Crippen LogP contribution in [-0.4, -0.2) is 68.2 Å². The molecule has 11 heteroatoms. The maximum atomic E-state index is 13.0. The minimum absolute atomic E-state index is 0.192. The Kier molecular flexibility index (Phi) is 13.0. The predicted molar refractivity (Wildman–Crippen MR) is 155 cm³/mol. The molecule has 0 spiro atoms. The standard InChI is InChI=1S/C30H33Cl2NO8/c1-3-39-28(29(34)35)18-21-4-6-26(7-5-21)40-15-13-33(30(36)41-27-10-8-25(37-2)9-11-27)12-14-38-20-22-16-23(31)19-24(32)17-22/h4-11,16-17,19,28H,3,12-15,18,20H2,1-2H3,(H,34,35). The van der Waals surface area contributed by atoms with E-state index in [1.165, 1.54) is 4.90 Å². The van der Waals surface area contributed by atoms with E-state index in [1.54, 1.807) is 80.8 Å². The van der Waals surface area contributed by atoms with Crippen molar-refractivity contribution in [2.45, 2.75) is 26.1 Å². The molecule has 0 aliphatic carbocycles. The van der Waals surface area contributed by atoms with Crippen molar-refractivity contribution in [1.29, 1.82) is 0 Å². The van der Waals surface area contributed by atoms with E-state index in [0.29, 0.717) is 33.9 Å². The van der Waals surface area contributed by atoms with Crippen molar-refractivity contribution in [2.24, 2.45) is 0 Å². The summed E-state index contributed by atoms with van der Waals surface area (Å²) in [5.74, 6) is 0.592. The van der Waals surface area contributed by atoms with E-state index in [1.807, 2.05) is 0 Å². The Bertz CT molecular complexity index is 1230. The summed E-state index contributed by atoms with van der Waals surface area (Å²) in [4.78, 5) is 25.8. The van der Waals surface area contributed by atoms with Crippen LogP contribution in [-0.2, 0) is 27.3 Å². The molecule has 0 saturated heterocycles. The number of aliphatic carboxylic acids is 1. The van der Waals surface area contributed by atoms with E-state index in [4.69, 9.17) is 46.9 Å². The van der Waals surface area contributed by atoms with Gasteiger partial charge in [0.25, 0.3) is 0 Å². The van der Waals surface area contributed by atoms with Gasteiger partial charge in [-0.3, -0.25) is 0 Å². The average Bonchev–Trinajstić information content (AvgIpc) is 2.94. The average molecular weight is 606 g/mol. The summed E-state index contributed by atoms with van der Waals surface area (Å²) in [6, 6.07) is 18.9. The molecule has 3 rings (SSSR count). The summed E-state index contributed by atoms with van der Waals surface area (Å²) in [6.07, 6.45) is -1.22. The summed E-state index contributed by atoms with van der Waals surface area (Å²) in [5, 5.41) is 10.3. The van der Waals surface area contributed by atoms with Gasteiger partial charge in [-0.05, 0) is 72.6 Å². The number of ether oxygens (including phenoxy) is 5. The first-order chi connectivity index (χ1) is 19.8. The lowest BCUT2D eigenvalue weighted by Crippen LogP contribution is -2.39. The van der Waals surface area contributed by atoms with Crippen molar-refractivity contribution in [1.82, 2.24) is 4.90 Å². The molecule has 1 N–H and O–H groups in total. The molecule has 0 heterocycles. The van der Waals surface area contributed by atoms with Gasteiger partial charge in [0, 0.05) is 29.6 Å². The van der Waals surface area contributed by atoms with E-state index in [0.717, 1.165) is 11.1 Å². The van der Waals surface area contributed by atoms with Gasteiger partial charge in [-0.15, -0.1) is 0 Å². The molecule has 1 atom stereocenters. The normalized spacial score (nSPS) is 11.5. The zero-order chi connectivity index (χ0) is 29.6. The summed E-state index contributed by atoms with van der Waals surface area (Å²) in [5.41, 5.74) is 1.62. The second-order valence-electron chi connectivity index (χ2n) is 8.84. The van der Waals surface area contributed by atoms with Gasteiger partial charge in [-0.2, -0.15) is 0 Å². The van der Waals surface area contributed by atoms with Crippen LogP contribution in [0, 0.1) is 0 Å². The number of methoxy groups -OCH3 is 1. The van der Waals surface area contributed by atoms with Crippen LogP contribution in [0.2, 0.25) is 10.0 Å². The molecular weight excluding hydrogens is 573 g/mol. The fourth-order valence-corrected chi connectivity index (χ4v) is 4.36. The molecule has 3 aromatic carbocycles. The van der Waals surface area contributed by atoms with Crippen LogP contribution in [0.3, 0.4) is 0 Å².